The average Bonchev–Trinajstić information content (AvgIpc) is 3.36. The third-order valence-electron chi connectivity index (χ3n) is 11.0. The highest BCUT2D eigenvalue weighted by Crippen LogP contribution is 2.43. The molecule has 71 heavy (non-hydrogen) atoms. The van der Waals surface area contributed by atoms with Crippen LogP contribution >= 0.6 is 7.82 Å². The lowest BCUT2D eigenvalue weighted by Gasteiger charge is -2.19. The SMILES string of the molecule is CC/C=C\C/C=C\C/C=C\C/C=C\C/C=C\C/C=C\C/C=C\CCCCCCCCCCCCCCCC(=O)OC(COC(=O)CCCC/C=C\C/C=C\C/C=C\C/C=C\CC)COP(=O)(O)OCCN. The van der Waals surface area contributed by atoms with E-state index in [0.29, 0.717) is 12.8 Å². The number of allylic oxidation sites excluding steroid dienone is 22. The second kappa shape index (κ2) is 55.5. The van der Waals surface area contributed by atoms with E-state index in [1.165, 1.54) is 64.2 Å². The van der Waals surface area contributed by atoms with Crippen LogP contribution in [-0.2, 0) is 32.7 Å². The normalized spacial score (nSPS) is 14.1. The molecule has 0 bridgehead atoms. The Kier molecular flexibility index (Phi) is 52.5. The summed E-state index contributed by atoms with van der Waals surface area (Å²) in [4.78, 5) is 35.1. The average molecular weight is 1010 g/mol. The second-order valence-corrected chi connectivity index (χ2v) is 19.1. The Morgan fingerprint density at radius 1 is 0.423 bits per heavy atom. The first-order valence-corrected chi connectivity index (χ1v) is 29.2. The van der Waals surface area contributed by atoms with E-state index in [1.54, 1.807) is 0 Å². The Morgan fingerprint density at radius 2 is 0.732 bits per heavy atom. The maximum absolute atomic E-state index is 12.7. The first kappa shape index (κ1) is 67.1. The van der Waals surface area contributed by atoms with Crippen molar-refractivity contribution in [1.82, 2.24) is 0 Å². The van der Waals surface area contributed by atoms with Gasteiger partial charge in [-0.25, -0.2) is 4.57 Å². The number of esters is 2. The summed E-state index contributed by atoms with van der Waals surface area (Å²) in [7, 11) is -4.40. The van der Waals surface area contributed by atoms with Crippen molar-refractivity contribution in [3.8, 4) is 0 Å². The lowest BCUT2D eigenvalue weighted by Crippen LogP contribution is -2.29. The van der Waals surface area contributed by atoms with Gasteiger partial charge in [0.2, 0.25) is 0 Å². The number of hydrogen-bond acceptors (Lipinski definition) is 8. The zero-order chi connectivity index (χ0) is 51.7. The molecule has 0 aromatic rings. The summed E-state index contributed by atoms with van der Waals surface area (Å²) in [6.45, 7) is 3.44. The Labute approximate surface area is 434 Å². The Bertz CT molecular complexity index is 1620. The number of carbonyl (C=O) groups is 2. The van der Waals surface area contributed by atoms with Crippen molar-refractivity contribution < 1.29 is 37.6 Å². The number of phosphoric acid groups is 1. The molecule has 0 saturated carbocycles. The molecule has 0 aromatic heterocycles. The van der Waals surface area contributed by atoms with Crippen LogP contribution in [0.5, 0.6) is 0 Å². The summed E-state index contributed by atoms with van der Waals surface area (Å²) in [6.07, 6.45) is 78.0. The third kappa shape index (κ3) is 55.3. The molecule has 0 aliphatic heterocycles. The topological polar surface area (TPSA) is 134 Å². The molecule has 0 aliphatic rings. The number of unbranched alkanes of at least 4 members (excludes halogenated alkanes) is 15. The molecule has 402 valence electrons. The van der Waals surface area contributed by atoms with E-state index in [2.05, 4.69) is 148 Å². The van der Waals surface area contributed by atoms with Gasteiger partial charge in [0.15, 0.2) is 6.10 Å². The maximum atomic E-state index is 12.7. The molecule has 0 aliphatic carbocycles. The molecule has 9 nitrogen and oxygen atoms in total. The second-order valence-electron chi connectivity index (χ2n) is 17.7. The van der Waals surface area contributed by atoms with Crippen LogP contribution in [0, 0.1) is 0 Å². The van der Waals surface area contributed by atoms with Crippen molar-refractivity contribution in [3.63, 3.8) is 0 Å². The van der Waals surface area contributed by atoms with Gasteiger partial charge in [0.1, 0.15) is 6.61 Å². The Balaban J connectivity index is 3.99. The molecule has 0 rings (SSSR count). The summed E-state index contributed by atoms with van der Waals surface area (Å²) in [5, 5.41) is 0. The fraction of sp³-hybridized carbons (Fsp3) is 0.607. The standard InChI is InChI=1S/C61H100NO8P/c1-3-5-7-9-11-13-15-17-19-20-21-22-23-24-25-26-27-28-29-30-31-32-33-34-35-36-37-38-40-42-44-46-48-50-52-54-61(64)70-59(58-69-71(65,66)68-56-55-62)57-67-60(63)53-51-49-47-45-43-41-39-18-16-14-12-10-8-6-4-2/h5-8,11-14,17-19,21-22,24-25,27-28,30-31,39,43,45,59H,3-4,9-10,15-16,20,23,26,29,32-38,40-42,44,46-58,62H2,1-2H3,(H,65,66)/b7-5-,8-6-,13-11-,14-12-,19-17-,22-21-,25-24-,28-27-,31-30-,39-18-,45-43-. The largest absolute Gasteiger partial charge is 0.472 e. The lowest BCUT2D eigenvalue weighted by atomic mass is 10.0. The zero-order valence-electron chi connectivity index (χ0n) is 44.7. The van der Waals surface area contributed by atoms with Gasteiger partial charge in [-0.05, 0) is 109 Å². The number of rotatable bonds is 50. The molecule has 3 N–H and O–H groups in total. The zero-order valence-corrected chi connectivity index (χ0v) is 45.5. The van der Waals surface area contributed by atoms with Crippen LogP contribution in [0.15, 0.2) is 134 Å². The van der Waals surface area contributed by atoms with Crippen LogP contribution in [0.3, 0.4) is 0 Å². The highest BCUT2D eigenvalue weighted by Gasteiger charge is 2.26. The van der Waals surface area contributed by atoms with Gasteiger partial charge in [-0.15, -0.1) is 0 Å². The van der Waals surface area contributed by atoms with E-state index in [4.69, 9.17) is 24.3 Å². The number of nitrogens with two attached hydrogens (primary N) is 1. The van der Waals surface area contributed by atoms with Crippen LogP contribution in [0.4, 0.5) is 0 Å². The summed E-state index contributed by atoms with van der Waals surface area (Å²) in [6, 6.07) is 0. The van der Waals surface area contributed by atoms with Gasteiger partial charge in [-0.2, -0.15) is 0 Å². The molecule has 0 amide bonds. The van der Waals surface area contributed by atoms with Crippen LogP contribution < -0.4 is 5.73 Å². The molecular weight excluding hydrogens is 906 g/mol. The first-order valence-electron chi connectivity index (χ1n) is 27.7. The predicted octanol–water partition coefficient (Wildman–Crippen LogP) is 17.4. The molecule has 0 fully saturated rings. The number of ether oxygens (including phenoxy) is 2. The van der Waals surface area contributed by atoms with Crippen LogP contribution in [-0.4, -0.2) is 49.3 Å². The monoisotopic (exact) mass is 1010 g/mol. The minimum absolute atomic E-state index is 0.0411. The molecule has 0 saturated heterocycles. The molecule has 0 radical (unpaired) electrons. The summed E-state index contributed by atoms with van der Waals surface area (Å²) < 4.78 is 32.9. The lowest BCUT2D eigenvalue weighted by molar-refractivity contribution is -0.161. The van der Waals surface area contributed by atoms with Crippen LogP contribution in [0.2, 0.25) is 0 Å². The van der Waals surface area contributed by atoms with Gasteiger partial charge < -0.3 is 20.1 Å². The molecular formula is C61H100NO8P. The van der Waals surface area contributed by atoms with E-state index in [1.807, 2.05) is 0 Å². The van der Waals surface area contributed by atoms with Crippen molar-refractivity contribution in [2.24, 2.45) is 5.73 Å². The highest BCUT2D eigenvalue weighted by atomic mass is 31.2. The fourth-order valence-electron chi connectivity index (χ4n) is 7.02. The van der Waals surface area contributed by atoms with Crippen molar-refractivity contribution in [1.29, 1.82) is 0 Å². The Morgan fingerprint density at radius 3 is 1.11 bits per heavy atom. The molecule has 0 aromatic carbocycles. The fourth-order valence-corrected chi connectivity index (χ4v) is 7.78. The smallest absolute Gasteiger partial charge is 0.462 e. The minimum atomic E-state index is -4.40. The van der Waals surface area contributed by atoms with Crippen LogP contribution in [0.25, 0.3) is 0 Å². The molecule has 10 heteroatoms. The van der Waals surface area contributed by atoms with Gasteiger partial charge in [0.25, 0.3) is 0 Å². The Hall–Kier alpha value is -3.85. The molecule has 2 atom stereocenters. The predicted molar refractivity (Wildman–Crippen MR) is 302 cm³/mol. The van der Waals surface area contributed by atoms with Crippen molar-refractivity contribution in [2.75, 3.05) is 26.4 Å². The molecule has 0 heterocycles. The van der Waals surface area contributed by atoms with Crippen molar-refractivity contribution >= 4 is 19.8 Å². The number of hydrogen-bond donors (Lipinski definition) is 2. The minimum Gasteiger partial charge on any atom is -0.462 e. The van der Waals surface area contributed by atoms with E-state index >= 15 is 0 Å². The summed E-state index contributed by atoms with van der Waals surface area (Å²) in [5.74, 6) is -0.887. The van der Waals surface area contributed by atoms with E-state index in [0.717, 1.165) is 103 Å². The van der Waals surface area contributed by atoms with Gasteiger partial charge in [-0.3, -0.25) is 18.6 Å². The van der Waals surface area contributed by atoms with Crippen molar-refractivity contribution in [2.45, 2.75) is 213 Å². The van der Waals surface area contributed by atoms with E-state index in [-0.39, 0.29) is 32.6 Å². The van der Waals surface area contributed by atoms with Gasteiger partial charge in [0.05, 0.1) is 13.2 Å². The van der Waals surface area contributed by atoms with Gasteiger partial charge in [-0.1, -0.05) is 218 Å². The molecule has 0 spiro atoms. The summed E-state index contributed by atoms with van der Waals surface area (Å²) in [5.41, 5.74) is 5.37. The number of carbonyl (C=O) groups excluding carboxylic acids is 2. The third-order valence-corrected chi connectivity index (χ3v) is 12.0. The van der Waals surface area contributed by atoms with Crippen LogP contribution in [0.1, 0.15) is 206 Å². The van der Waals surface area contributed by atoms with Crippen molar-refractivity contribution in [3.05, 3.63) is 134 Å². The molecule has 2 unspecified atom stereocenters. The number of phosphoric ester groups is 1. The first-order chi connectivity index (χ1) is 34.8. The van der Waals surface area contributed by atoms with Gasteiger partial charge >= 0.3 is 19.8 Å². The maximum Gasteiger partial charge on any atom is 0.472 e. The highest BCUT2D eigenvalue weighted by molar-refractivity contribution is 7.47. The quantitative estimate of drug-likeness (QED) is 0.0264. The van der Waals surface area contributed by atoms with Gasteiger partial charge in [0, 0.05) is 19.4 Å². The summed E-state index contributed by atoms with van der Waals surface area (Å²) >= 11 is 0. The van der Waals surface area contributed by atoms with E-state index < -0.39 is 32.5 Å². The van der Waals surface area contributed by atoms with E-state index in [9.17, 15) is 19.0 Å².